The number of phenolic OH excluding ortho intramolecular Hbond substituents is 1. The molecular weight excluding hydrogens is 237 g/mol. The van der Waals surface area contributed by atoms with Gasteiger partial charge in [-0.1, -0.05) is 0 Å². The summed E-state index contributed by atoms with van der Waals surface area (Å²) >= 11 is 0. The molecule has 2 aromatic rings. The van der Waals surface area contributed by atoms with Crippen LogP contribution in [-0.2, 0) is 4.74 Å². The van der Waals surface area contributed by atoms with E-state index in [-0.39, 0.29) is 29.1 Å². The summed E-state index contributed by atoms with van der Waals surface area (Å²) in [5.41, 5.74) is 0.635. The number of carbonyl (C=O) groups excluding carboxylic acids is 1. The third kappa shape index (κ3) is 2.11. The van der Waals surface area contributed by atoms with E-state index in [1.165, 1.54) is 25.1 Å². The first-order chi connectivity index (χ1) is 8.52. The Hall–Kier alpha value is -2.17. The highest BCUT2D eigenvalue weighted by atomic mass is 19.1. The van der Waals surface area contributed by atoms with Crippen molar-refractivity contribution in [1.82, 2.24) is 4.98 Å². The smallest absolute Gasteiger partial charge is 0.338 e. The molecule has 0 radical (unpaired) electrons. The molecule has 0 atom stereocenters. The molecule has 0 spiro atoms. The summed E-state index contributed by atoms with van der Waals surface area (Å²) in [5, 5.41) is 10.2. The molecule has 2 rings (SSSR count). The maximum absolute atomic E-state index is 13.4. The summed E-state index contributed by atoms with van der Waals surface area (Å²) in [6.07, 6.45) is 0. The van der Waals surface area contributed by atoms with E-state index in [4.69, 9.17) is 4.74 Å². The van der Waals surface area contributed by atoms with Crippen molar-refractivity contribution < 1.29 is 19.0 Å². The monoisotopic (exact) mass is 249 g/mol. The van der Waals surface area contributed by atoms with E-state index in [0.717, 1.165) is 0 Å². The molecule has 1 aromatic carbocycles. The van der Waals surface area contributed by atoms with Gasteiger partial charge in [0.2, 0.25) is 0 Å². The molecule has 0 saturated heterocycles. The van der Waals surface area contributed by atoms with Crippen molar-refractivity contribution in [2.45, 2.75) is 13.8 Å². The molecule has 0 saturated carbocycles. The zero-order valence-electron chi connectivity index (χ0n) is 10.0. The van der Waals surface area contributed by atoms with Gasteiger partial charge >= 0.3 is 5.97 Å². The Bertz CT molecular complexity index is 625. The van der Waals surface area contributed by atoms with Gasteiger partial charge in [0.15, 0.2) is 0 Å². The number of rotatable bonds is 2. The Labute approximate surface area is 103 Å². The topological polar surface area (TPSA) is 59.4 Å². The second-order valence-electron chi connectivity index (χ2n) is 3.84. The number of hydrogen-bond acceptors (Lipinski definition) is 4. The van der Waals surface area contributed by atoms with Gasteiger partial charge in [0.05, 0.1) is 17.9 Å². The van der Waals surface area contributed by atoms with Gasteiger partial charge in [-0.05, 0) is 32.0 Å². The molecule has 0 unspecified atom stereocenters. The van der Waals surface area contributed by atoms with Crippen LogP contribution in [-0.4, -0.2) is 22.7 Å². The quantitative estimate of drug-likeness (QED) is 0.831. The molecule has 0 aliphatic heterocycles. The minimum Gasteiger partial charge on any atom is -0.506 e. The number of carbonyl (C=O) groups is 1. The average molecular weight is 249 g/mol. The van der Waals surface area contributed by atoms with Crippen LogP contribution in [0.5, 0.6) is 5.75 Å². The fraction of sp³-hybridized carbons (Fsp3) is 0.231. The first kappa shape index (κ1) is 12.3. The van der Waals surface area contributed by atoms with Crippen molar-refractivity contribution in [2.75, 3.05) is 6.61 Å². The van der Waals surface area contributed by atoms with Crippen molar-refractivity contribution in [3.05, 3.63) is 35.3 Å². The van der Waals surface area contributed by atoms with Crippen molar-refractivity contribution in [2.24, 2.45) is 0 Å². The van der Waals surface area contributed by atoms with Crippen LogP contribution in [0.1, 0.15) is 23.0 Å². The van der Waals surface area contributed by atoms with Crippen LogP contribution < -0.4 is 0 Å². The number of aryl methyl sites for hydroxylation is 1. The van der Waals surface area contributed by atoms with E-state index in [0.29, 0.717) is 5.39 Å². The van der Waals surface area contributed by atoms with Gasteiger partial charge in [0.25, 0.3) is 0 Å². The molecule has 0 amide bonds. The summed E-state index contributed by atoms with van der Waals surface area (Å²) in [5.74, 6) is -1.21. The zero-order chi connectivity index (χ0) is 13.3. The summed E-state index contributed by atoms with van der Waals surface area (Å²) in [6.45, 7) is 3.43. The van der Waals surface area contributed by atoms with Gasteiger partial charge in [-0.25, -0.2) is 14.2 Å². The molecule has 94 valence electrons. The molecule has 4 nitrogen and oxygen atoms in total. The lowest BCUT2D eigenvalue weighted by Crippen LogP contribution is -2.04. The lowest BCUT2D eigenvalue weighted by atomic mass is 10.1. The second kappa shape index (κ2) is 4.60. The van der Waals surface area contributed by atoms with Crippen LogP contribution in [0.2, 0.25) is 0 Å². The van der Waals surface area contributed by atoms with E-state index in [2.05, 4.69) is 4.98 Å². The van der Waals surface area contributed by atoms with Gasteiger partial charge in [0, 0.05) is 5.39 Å². The molecule has 18 heavy (non-hydrogen) atoms. The minimum atomic E-state index is -0.560. The number of esters is 1. The number of aromatic hydroxyl groups is 1. The third-order valence-electron chi connectivity index (χ3n) is 2.54. The van der Waals surface area contributed by atoms with E-state index < -0.39 is 11.8 Å². The van der Waals surface area contributed by atoms with Crippen molar-refractivity contribution >= 4 is 16.9 Å². The molecule has 1 aromatic heterocycles. The summed E-state index contributed by atoms with van der Waals surface area (Å²) in [7, 11) is 0. The first-order valence-electron chi connectivity index (χ1n) is 5.50. The van der Waals surface area contributed by atoms with Crippen LogP contribution in [0, 0.1) is 12.7 Å². The molecule has 5 heteroatoms. The lowest BCUT2D eigenvalue weighted by molar-refractivity contribution is 0.0526. The van der Waals surface area contributed by atoms with Gasteiger partial charge in [0.1, 0.15) is 17.1 Å². The van der Waals surface area contributed by atoms with Crippen LogP contribution >= 0.6 is 0 Å². The molecule has 0 aliphatic carbocycles. The molecule has 0 aliphatic rings. The number of hydrogen-bond donors (Lipinski definition) is 1. The average Bonchev–Trinajstić information content (AvgIpc) is 2.32. The Morgan fingerprint density at radius 2 is 2.17 bits per heavy atom. The highest BCUT2D eigenvalue weighted by molar-refractivity contribution is 5.96. The molecule has 1 heterocycles. The molecule has 0 bridgehead atoms. The fourth-order valence-electron chi connectivity index (χ4n) is 1.67. The minimum absolute atomic E-state index is 0.168. The number of halogens is 1. The normalized spacial score (nSPS) is 10.6. The first-order valence-corrected chi connectivity index (χ1v) is 5.50. The highest BCUT2D eigenvalue weighted by Crippen LogP contribution is 2.26. The number of benzene rings is 1. The van der Waals surface area contributed by atoms with E-state index in [1.807, 2.05) is 0 Å². The van der Waals surface area contributed by atoms with Crippen molar-refractivity contribution in [3.8, 4) is 5.75 Å². The lowest BCUT2D eigenvalue weighted by Gasteiger charge is -2.06. The van der Waals surface area contributed by atoms with Gasteiger partial charge < -0.3 is 9.84 Å². The van der Waals surface area contributed by atoms with Gasteiger partial charge in [-0.2, -0.15) is 0 Å². The molecular formula is C13H12FNO3. The van der Waals surface area contributed by atoms with Gasteiger partial charge in [-0.15, -0.1) is 0 Å². The predicted octanol–water partition coefficient (Wildman–Crippen LogP) is 2.56. The van der Waals surface area contributed by atoms with Gasteiger partial charge in [-0.3, -0.25) is 0 Å². The number of fused-ring (bicyclic) bond motifs is 1. The Balaban J connectivity index is 2.61. The predicted molar refractivity (Wildman–Crippen MR) is 64.1 cm³/mol. The van der Waals surface area contributed by atoms with Crippen molar-refractivity contribution in [3.63, 3.8) is 0 Å². The second-order valence-corrected chi connectivity index (χ2v) is 3.84. The number of nitrogens with zero attached hydrogens (tertiary/aromatic N) is 1. The number of phenols is 1. The summed E-state index contributed by atoms with van der Waals surface area (Å²) in [4.78, 5) is 15.5. The zero-order valence-corrected chi connectivity index (χ0v) is 10.0. The maximum atomic E-state index is 13.4. The summed E-state index contributed by atoms with van der Waals surface area (Å²) in [6, 6.07) is 3.95. The van der Waals surface area contributed by atoms with Crippen molar-refractivity contribution in [1.29, 1.82) is 0 Å². The molecule has 0 fully saturated rings. The Kier molecular flexibility index (Phi) is 3.14. The van der Waals surface area contributed by atoms with E-state index >= 15 is 0 Å². The fourth-order valence-corrected chi connectivity index (χ4v) is 1.67. The molecule has 1 N–H and O–H groups in total. The van der Waals surface area contributed by atoms with Crippen LogP contribution in [0.15, 0.2) is 18.2 Å². The maximum Gasteiger partial charge on any atom is 0.338 e. The summed E-state index contributed by atoms with van der Waals surface area (Å²) < 4.78 is 18.2. The van der Waals surface area contributed by atoms with Crippen LogP contribution in [0.3, 0.4) is 0 Å². The SMILES string of the molecule is CCOC(=O)c1cc(O)c2nc(C)c(F)cc2c1. The van der Waals surface area contributed by atoms with E-state index in [1.54, 1.807) is 6.92 Å². The van der Waals surface area contributed by atoms with Crippen LogP contribution in [0.4, 0.5) is 4.39 Å². The number of ether oxygens (including phenoxy) is 1. The number of pyridine rings is 1. The van der Waals surface area contributed by atoms with Crippen LogP contribution in [0.25, 0.3) is 10.9 Å². The Morgan fingerprint density at radius 3 is 2.83 bits per heavy atom. The van der Waals surface area contributed by atoms with E-state index in [9.17, 15) is 14.3 Å². The largest absolute Gasteiger partial charge is 0.506 e. The number of aromatic nitrogens is 1. The standard InChI is InChI=1S/C13H12FNO3/c1-3-18-13(17)9-4-8-5-10(14)7(2)15-12(8)11(16)6-9/h4-6,16H,3H2,1-2H3. The highest BCUT2D eigenvalue weighted by Gasteiger charge is 2.13. The third-order valence-corrected chi connectivity index (χ3v) is 2.54. The Morgan fingerprint density at radius 1 is 1.44 bits per heavy atom.